The van der Waals surface area contributed by atoms with Gasteiger partial charge in [0, 0.05) is 22.3 Å². The minimum atomic E-state index is -0.0276. The van der Waals surface area contributed by atoms with Gasteiger partial charge in [0.05, 0.1) is 13.7 Å². The van der Waals surface area contributed by atoms with Crippen molar-refractivity contribution in [1.29, 1.82) is 0 Å². The van der Waals surface area contributed by atoms with Crippen LogP contribution in [0, 0.1) is 13.8 Å². The van der Waals surface area contributed by atoms with E-state index in [1.165, 1.54) is 5.56 Å². The van der Waals surface area contributed by atoms with Crippen LogP contribution in [0.1, 0.15) is 16.7 Å². The molecule has 0 aliphatic heterocycles. The Hall–Kier alpha value is -1.85. The van der Waals surface area contributed by atoms with Gasteiger partial charge in [-0.05, 0) is 56.3 Å². The Balaban J connectivity index is 1.99. The van der Waals surface area contributed by atoms with Crippen molar-refractivity contribution in [3.63, 3.8) is 0 Å². The van der Waals surface area contributed by atoms with Gasteiger partial charge in [0.15, 0.2) is 0 Å². The Bertz CT molecular complexity index is 731. The first-order valence-electron chi connectivity index (χ1n) is 7.77. The zero-order valence-electron chi connectivity index (χ0n) is 14.5. The Morgan fingerprint density at radius 3 is 2.71 bits per heavy atom. The van der Waals surface area contributed by atoms with Crippen LogP contribution in [0.3, 0.4) is 0 Å². The fourth-order valence-electron chi connectivity index (χ4n) is 2.54. The second kappa shape index (κ2) is 8.31. The predicted molar refractivity (Wildman–Crippen MR) is 102 cm³/mol. The van der Waals surface area contributed by atoms with Crippen LogP contribution in [-0.4, -0.2) is 31.5 Å². The molecule has 0 saturated heterocycles. The van der Waals surface area contributed by atoms with Crippen molar-refractivity contribution in [3.8, 4) is 5.75 Å². The number of anilines is 1. The quantitative estimate of drug-likeness (QED) is 0.805. The minimum Gasteiger partial charge on any atom is -0.496 e. The Kier molecular flexibility index (Phi) is 6.40. The SMILES string of the molecule is COc1ccc(Br)cc1CN(C)CC(=O)Nc1cccc(C)c1C. The van der Waals surface area contributed by atoms with Crippen LogP contribution in [-0.2, 0) is 11.3 Å². The van der Waals surface area contributed by atoms with Gasteiger partial charge in [-0.2, -0.15) is 0 Å². The van der Waals surface area contributed by atoms with Crippen LogP contribution in [0.15, 0.2) is 40.9 Å². The molecular formula is C19H23BrN2O2. The van der Waals surface area contributed by atoms with Crippen LogP contribution in [0.5, 0.6) is 5.75 Å². The second-order valence-electron chi connectivity index (χ2n) is 5.92. The number of nitrogens with zero attached hydrogens (tertiary/aromatic N) is 1. The number of carbonyl (C=O) groups is 1. The molecule has 2 aromatic carbocycles. The lowest BCUT2D eigenvalue weighted by atomic mass is 10.1. The highest BCUT2D eigenvalue weighted by Gasteiger charge is 2.12. The summed E-state index contributed by atoms with van der Waals surface area (Å²) in [7, 11) is 3.57. The lowest BCUT2D eigenvalue weighted by molar-refractivity contribution is -0.117. The summed E-state index contributed by atoms with van der Waals surface area (Å²) < 4.78 is 6.37. The number of carbonyl (C=O) groups excluding carboxylic acids is 1. The van der Waals surface area contributed by atoms with Crippen molar-refractivity contribution >= 4 is 27.5 Å². The van der Waals surface area contributed by atoms with Crippen LogP contribution >= 0.6 is 15.9 Å². The van der Waals surface area contributed by atoms with E-state index < -0.39 is 0 Å². The summed E-state index contributed by atoms with van der Waals surface area (Å²) in [6.45, 7) is 4.99. The highest BCUT2D eigenvalue weighted by molar-refractivity contribution is 9.10. The smallest absolute Gasteiger partial charge is 0.238 e. The number of benzene rings is 2. The number of nitrogens with one attached hydrogen (secondary N) is 1. The Morgan fingerprint density at radius 2 is 2.00 bits per heavy atom. The average molecular weight is 391 g/mol. The van der Waals surface area contributed by atoms with Crippen molar-refractivity contribution < 1.29 is 9.53 Å². The van der Waals surface area contributed by atoms with Gasteiger partial charge < -0.3 is 10.1 Å². The topological polar surface area (TPSA) is 41.6 Å². The van der Waals surface area contributed by atoms with Gasteiger partial charge in [-0.25, -0.2) is 0 Å². The standard InChI is InChI=1S/C19H23BrN2O2/c1-13-6-5-7-17(14(13)2)21-19(23)12-22(3)11-15-10-16(20)8-9-18(15)24-4/h5-10H,11-12H2,1-4H3,(H,21,23). The Morgan fingerprint density at radius 1 is 1.25 bits per heavy atom. The van der Waals surface area contributed by atoms with E-state index in [4.69, 9.17) is 4.74 Å². The number of amides is 1. The van der Waals surface area contributed by atoms with E-state index in [0.717, 1.165) is 27.0 Å². The number of methoxy groups -OCH3 is 1. The first-order valence-corrected chi connectivity index (χ1v) is 8.57. The highest BCUT2D eigenvalue weighted by Crippen LogP contribution is 2.24. The number of aryl methyl sites for hydroxylation is 1. The second-order valence-corrected chi connectivity index (χ2v) is 6.84. The lowest BCUT2D eigenvalue weighted by Crippen LogP contribution is -2.30. The molecule has 0 aromatic heterocycles. The third kappa shape index (κ3) is 4.82. The summed E-state index contributed by atoms with van der Waals surface area (Å²) in [4.78, 5) is 14.3. The zero-order chi connectivity index (χ0) is 17.7. The molecule has 0 aliphatic carbocycles. The molecule has 0 heterocycles. The minimum absolute atomic E-state index is 0.0276. The molecule has 2 rings (SSSR count). The maximum Gasteiger partial charge on any atom is 0.238 e. The summed E-state index contributed by atoms with van der Waals surface area (Å²) in [6, 6.07) is 11.8. The van der Waals surface area contributed by atoms with Crippen molar-refractivity contribution in [1.82, 2.24) is 4.90 Å². The van der Waals surface area contributed by atoms with Crippen LogP contribution in [0.25, 0.3) is 0 Å². The molecule has 0 unspecified atom stereocenters. The molecule has 0 radical (unpaired) electrons. The summed E-state index contributed by atoms with van der Waals surface area (Å²) in [6.07, 6.45) is 0. The largest absolute Gasteiger partial charge is 0.496 e. The molecular weight excluding hydrogens is 368 g/mol. The molecule has 0 fully saturated rings. The van der Waals surface area contributed by atoms with Gasteiger partial charge in [-0.1, -0.05) is 28.1 Å². The molecule has 0 aliphatic rings. The number of halogens is 1. The molecule has 1 amide bonds. The molecule has 0 bridgehead atoms. The summed E-state index contributed by atoms with van der Waals surface area (Å²) >= 11 is 3.47. The van der Waals surface area contributed by atoms with E-state index in [-0.39, 0.29) is 5.91 Å². The van der Waals surface area contributed by atoms with Crippen molar-refractivity contribution in [2.75, 3.05) is 26.0 Å². The molecule has 0 saturated carbocycles. The highest BCUT2D eigenvalue weighted by atomic mass is 79.9. The molecule has 4 nitrogen and oxygen atoms in total. The van der Waals surface area contributed by atoms with Gasteiger partial charge in [-0.15, -0.1) is 0 Å². The predicted octanol–water partition coefficient (Wildman–Crippen LogP) is 4.15. The first kappa shape index (κ1) is 18.5. The van der Waals surface area contributed by atoms with E-state index >= 15 is 0 Å². The molecule has 0 spiro atoms. The number of ether oxygens (including phenoxy) is 1. The summed E-state index contributed by atoms with van der Waals surface area (Å²) in [5, 5.41) is 2.99. The fourth-order valence-corrected chi connectivity index (χ4v) is 2.95. The van der Waals surface area contributed by atoms with E-state index in [1.54, 1.807) is 7.11 Å². The van der Waals surface area contributed by atoms with Gasteiger partial charge in [-0.3, -0.25) is 9.69 Å². The summed E-state index contributed by atoms with van der Waals surface area (Å²) in [5.41, 5.74) is 4.17. The third-order valence-corrected chi connectivity index (χ3v) is 4.47. The molecule has 128 valence electrons. The molecule has 2 aromatic rings. The van der Waals surface area contributed by atoms with Crippen molar-refractivity contribution in [2.45, 2.75) is 20.4 Å². The first-order chi connectivity index (χ1) is 11.4. The normalized spacial score (nSPS) is 10.8. The monoisotopic (exact) mass is 390 g/mol. The van der Waals surface area contributed by atoms with E-state index in [2.05, 4.69) is 21.2 Å². The molecule has 5 heteroatoms. The third-order valence-electron chi connectivity index (χ3n) is 3.97. The zero-order valence-corrected chi connectivity index (χ0v) is 16.1. The number of likely N-dealkylation sites (N-methyl/N-ethyl adjacent to an activating group) is 1. The van der Waals surface area contributed by atoms with Crippen molar-refractivity contribution in [3.05, 3.63) is 57.6 Å². The molecule has 24 heavy (non-hydrogen) atoms. The number of rotatable bonds is 6. The summed E-state index contributed by atoms with van der Waals surface area (Å²) in [5.74, 6) is 0.792. The van der Waals surface area contributed by atoms with Gasteiger partial charge >= 0.3 is 0 Å². The van der Waals surface area contributed by atoms with E-state index in [1.807, 2.05) is 62.2 Å². The number of hydrogen-bond donors (Lipinski definition) is 1. The van der Waals surface area contributed by atoms with Crippen molar-refractivity contribution in [2.24, 2.45) is 0 Å². The molecule has 1 N–H and O–H groups in total. The van der Waals surface area contributed by atoms with Crippen LogP contribution < -0.4 is 10.1 Å². The Labute approximate surface area is 151 Å². The van der Waals surface area contributed by atoms with Gasteiger partial charge in [0.25, 0.3) is 0 Å². The number of hydrogen-bond acceptors (Lipinski definition) is 3. The van der Waals surface area contributed by atoms with E-state index in [9.17, 15) is 4.79 Å². The van der Waals surface area contributed by atoms with Crippen LogP contribution in [0.4, 0.5) is 5.69 Å². The lowest BCUT2D eigenvalue weighted by Gasteiger charge is -2.19. The van der Waals surface area contributed by atoms with Gasteiger partial charge in [0.2, 0.25) is 5.91 Å². The maximum absolute atomic E-state index is 12.3. The van der Waals surface area contributed by atoms with Gasteiger partial charge in [0.1, 0.15) is 5.75 Å². The fraction of sp³-hybridized carbons (Fsp3) is 0.316. The van der Waals surface area contributed by atoms with E-state index in [0.29, 0.717) is 13.1 Å². The average Bonchev–Trinajstić information content (AvgIpc) is 2.52. The molecule has 0 atom stereocenters. The maximum atomic E-state index is 12.3. The van der Waals surface area contributed by atoms with Crippen LogP contribution in [0.2, 0.25) is 0 Å².